The minimum absolute atomic E-state index is 0.489. The second-order valence-corrected chi connectivity index (χ2v) is 3.84. The molecular weight excluding hydrogens is 170 g/mol. The first-order valence-corrected chi connectivity index (χ1v) is 5.15. The molecule has 0 saturated carbocycles. The van der Waals surface area contributed by atoms with Crippen LogP contribution < -0.4 is 5.14 Å². The van der Waals surface area contributed by atoms with Gasteiger partial charge < -0.3 is 4.74 Å². The van der Waals surface area contributed by atoms with Gasteiger partial charge in [0, 0.05) is 19.0 Å². The molecule has 2 N–H and O–H groups in total. The van der Waals surface area contributed by atoms with Gasteiger partial charge in [0.15, 0.2) is 0 Å². The van der Waals surface area contributed by atoms with Crippen LogP contribution in [0.2, 0.25) is 0 Å². The standard InChI is InChI=1S/C9H19NOS/c1-4-5-8(2)9(12-10)6-7-11-3/h4,8-9H,1,5-7,10H2,2-3H3. The SMILES string of the molecule is C=CCC(C)C(CCOC)SN. The first-order valence-electron chi connectivity index (χ1n) is 4.21. The molecule has 0 amide bonds. The Bertz CT molecular complexity index is 119. The lowest BCUT2D eigenvalue weighted by Gasteiger charge is -2.19. The number of hydrogen-bond acceptors (Lipinski definition) is 3. The lowest BCUT2D eigenvalue weighted by atomic mass is 10.0. The van der Waals surface area contributed by atoms with Gasteiger partial charge in [0.2, 0.25) is 0 Å². The second-order valence-electron chi connectivity index (χ2n) is 2.96. The van der Waals surface area contributed by atoms with Gasteiger partial charge in [-0.25, -0.2) is 0 Å². The number of rotatable bonds is 7. The van der Waals surface area contributed by atoms with Crippen LogP contribution in [0.25, 0.3) is 0 Å². The van der Waals surface area contributed by atoms with Gasteiger partial charge in [-0.1, -0.05) is 24.9 Å². The van der Waals surface area contributed by atoms with E-state index < -0.39 is 0 Å². The maximum atomic E-state index is 5.57. The van der Waals surface area contributed by atoms with Crippen molar-refractivity contribution in [1.82, 2.24) is 0 Å². The summed E-state index contributed by atoms with van der Waals surface area (Å²) in [5, 5.41) is 6.06. The summed E-state index contributed by atoms with van der Waals surface area (Å²) in [5.41, 5.74) is 0. The average Bonchev–Trinajstić information content (AvgIpc) is 2.06. The van der Waals surface area contributed by atoms with Crippen LogP contribution in [0.1, 0.15) is 19.8 Å². The van der Waals surface area contributed by atoms with Gasteiger partial charge in [0.25, 0.3) is 0 Å². The van der Waals surface area contributed by atoms with Crippen molar-refractivity contribution < 1.29 is 4.74 Å². The van der Waals surface area contributed by atoms with Crippen LogP contribution >= 0.6 is 11.9 Å². The Hall–Kier alpha value is 0.01000. The van der Waals surface area contributed by atoms with Crippen LogP contribution in [0, 0.1) is 5.92 Å². The molecule has 2 unspecified atom stereocenters. The summed E-state index contributed by atoms with van der Waals surface area (Å²) in [6.07, 6.45) is 3.99. The smallest absolute Gasteiger partial charge is 0.0473 e. The van der Waals surface area contributed by atoms with Crippen molar-refractivity contribution in [2.45, 2.75) is 25.0 Å². The highest BCUT2D eigenvalue weighted by molar-refractivity contribution is 7.97. The van der Waals surface area contributed by atoms with Crippen molar-refractivity contribution in [1.29, 1.82) is 0 Å². The molecule has 0 radical (unpaired) electrons. The molecule has 0 heterocycles. The van der Waals surface area contributed by atoms with E-state index in [0.29, 0.717) is 11.2 Å². The monoisotopic (exact) mass is 189 g/mol. The molecule has 2 nitrogen and oxygen atoms in total. The molecule has 12 heavy (non-hydrogen) atoms. The van der Waals surface area contributed by atoms with E-state index in [9.17, 15) is 0 Å². The Labute approximate surface area is 79.7 Å². The zero-order chi connectivity index (χ0) is 9.40. The highest BCUT2D eigenvalue weighted by Gasteiger charge is 2.14. The normalized spacial score (nSPS) is 15.6. The van der Waals surface area contributed by atoms with E-state index in [2.05, 4.69) is 13.5 Å². The Kier molecular flexibility index (Phi) is 7.65. The quantitative estimate of drug-likeness (QED) is 0.492. The maximum Gasteiger partial charge on any atom is 0.0473 e. The fourth-order valence-electron chi connectivity index (χ4n) is 1.14. The van der Waals surface area contributed by atoms with Crippen molar-refractivity contribution in [3.63, 3.8) is 0 Å². The number of allylic oxidation sites excluding steroid dienone is 1. The van der Waals surface area contributed by atoms with Crippen molar-refractivity contribution >= 4 is 11.9 Å². The van der Waals surface area contributed by atoms with E-state index in [1.807, 2.05) is 6.08 Å². The molecule has 0 bridgehead atoms. The van der Waals surface area contributed by atoms with Crippen LogP contribution in [0.3, 0.4) is 0 Å². The predicted molar refractivity (Wildman–Crippen MR) is 56.0 cm³/mol. The Morgan fingerprint density at radius 3 is 2.75 bits per heavy atom. The molecule has 0 aromatic carbocycles. The maximum absolute atomic E-state index is 5.57. The van der Waals surface area contributed by atoms with Crippen molar-refractivity contribution in [2.24, 2.45) is 11.1 Å². The molecular formula is C9H19NOS. The molecule has 0 fully saturated rings. The summed E-state index contributed by atoms with van der Waals surface area (Å²) in [5.74, 6) is 0.590. The van der Waals surface area contributed by atoms with Gasteiger partial charge in [-0.2, -0.15) is 0 Å². The van der Waals surface area contributed by atoms with Crippen molar-refractivity contribution in [2.75, 3.05) is 13.7 Å². The molecule has 0 aliphatic rings. The average molecular weight is 189 g/mol. The van der Waals surface area contributed by atoms with Crippen LogP contribution in [-0.4, -0.2) is 19.0 Å². The minimum Gasteiger partial charge on any atom is -0.385 e. The van der Waals surface area contributed by atoms with Crippen molar-refractivity contribution in [3.05, 3.63) is 12.7 Å². The lowest BCUT2D eigenvalue weighted by Crippen LogP contribution is -2.18. The predicted octanol–water partition coefficient (Wildman–Crippen LogP) is 2.21. The van der Waals surface area contributed by atoms with E-state index in [1.165, 1.54) is 11.9 Å². The lowest BCUT2D eigenvalue weighted by molar-refractivity contribution is 0.190. The van der Waals surface area contributed by atoms with Gasteiger partial charge in [0.05, 0.1) is 0 Å². The zero-order valence-corrected chi connectivity index (χ0v) is 8.77. The second kappa shape index (κ2) is 7.65. The molecule has 0 aromatic heterocycles. The summed E-state index contributed by atoms with van der Waals surface area (Å²) >= 11 is 1.43. The highest BCUT2D eigenvalue weighted by Crippen LogP contribution is 2.21. The van der Waals surface area contributed by atoms with Crippen LogP contribution in [0.5, 0.6) is 0 Å². The number of ether oxygens (including phenoxy) is 1. The molecule has 72 valence electrons. The third kappa shape index (κ3) is 4.80. The Balaban J connectivity index is 3.69. The van der Waals surface area contributed by atoms with Crippen LogP contribution in [-0.2, 0) is 4.74 Å². The molecule has 0 spiro atoms. The van der Waals surface area contributed by atoms with E-state index >= 15 is 0 Å². The molecule has 0 rings (SSSR count). The van der Waals surface area contributed by atoms with Gasteiger partial charge in [-0.15, -0.1) is 6.58 Å². The number of methoxy groups -OCH3 is 1. The molecule has 3 heteroatoms. The summed E-state index contributed by atoms with van der Waals surface area (Å²) < 4.78 is 5.01. The third-order valence-electron chi connectivity index (χ3n) is 1.95. The Morgan fingerprint density at radius 1 is 1.67 bits per heavy atom. The van der Waals surface area contributed by atoms with E-state index in [-0.39, 0.29) is 0 Å². The van der Waals surface area contributed by atoms with E-state index in [0.717, 1.165) is 19.4 Å². The first kappa shape index (κ1) is 12.0. The molecule has 2 atom stereocenters. The van der Waals surface area contributed by atoms with Crippen LogP contribution in [0.15, 0.2) is 12.7 Å². The molecule has 0 saturated heterocycles. The van der Waals surface area contributed by atoms with Gasteiger partial charge in [0.1, 0.15) is 0 Å². The topological polar surface area (TPSA) is 35.2 Å². The first-order chi connectivity index (χ1) is 5.76. The van der Waals surface area contributed by atoms with Crippen LogP contribution in [0.4, 0.5) is 0 Å². The Morgan fingerprint density at radius 2 is 2.33 bits per heavy atom. The zero-order valence-electron chi connectivity index (χ0n) is 7.95. The largest absolute Gasteiger partial charge is 0.385 e. The number of hydrogen-bond donors (Lipinski definition) is 1. The number of nitrogens with two attached hydrogens (primary N) is 1. The summed E-state index contributed by atoms with van der Waals surface area (Å²) in [6, 6.07) is 0. The highest BCUT2D eigenvalue weighted by atomic mass is 32.2. The summed E-state index contributed by atoms with van der Waals surface area (Å²) in [7, 11) is 1.72. The fraction of sp³-hybridized carbons (Fsp3) is 0.778. The van der Waals surface area contributed by atoms with Gasteiger partial charge in [-0.05, 0) is 18.8 Å². The van der Waals surface area contributed by atoms with E-state index in [1.54, 1.807) is 7.11 Å². The fourth-order valence-corrected chi connectivity index (χ4v) is 1.75. The summed E-state index contributed by atoms with van der Waals surface area (Å²) in [4.78, 5) is 0. The van der Waals surface area contributed by atoms with E-state index in [4.69, 9.17) is 9.88 Å². The molecule has 0 aromatic rings. The van der Waals surface area contributed by atoms with Gasteiger partial charge in [-0.3, -0.25) is 5.14 Å². The molecule has 0 aliphatic heterocycles. The van der Waals surface area contributed by atoms with Gasteiger partial charge >= 0.3 is 0 Å². The third-order valence-corrected chi connectivity index (χ3v) is 3.00. The van der Waals surface area contributed by atoms with Crippen molar-refractivity contribution in [3.8, 4) is 0 Å². The minimum atomic E-state index is 0.489. The molecule has 0 aliphatic carbocycles. The summed E-state index contributed by atoms with van der Waals surface area (Å²) in [6.45, 7) is 6.70.